The predicted octanol–water partition coefficient (Wildman–Crippen LogP) is 3.48. The first-order valence-corrected chi connectivity index (χ1v) is 10.4. The Hall–Kier alpha value is -3.32. The average molecular weight is 427 g/mol. The van der Waals surface area contributed by atoms with Crippen molar-refractivity contribution in [1.82, 2.24) is 4.57 Å². The van der Waals surface area contributed by atoms with Gasteiger partial charge in [0, 0.05) is 23.2 Å². The normalized spacial score (nSPS) is 11.4. The van der Waals surface area contributed by atoms with Crippen LogP contribution in [-0.2, 0) is 20.9 Å². The quantitative estimate of drug-likeness (QED) is 0.537. The molecule has 0 spiro atoms. The molecule has 0 saturated carbocycles. The van der Waals surface area contributed by atoms with Crippen LogP contribution in [0.25, 0.3) is 10.9 Å². The number of fused-ring (bicyclic) bond motifs is 1. The van der Waals surface area contributed by atoms with Gasteiger partial charge in [0.05, 0.1) is 12.1 Å². The van der Waals surface area contributed by atoms with Crippen LogP contribution in [0.3, 0.4) is 0 Å². The summed E-state index contributed by atoms with van der Waals surface area (Å²) in [6.07, 6.45) is -1.50. The third kappa shape index (κ3) is 5.44. The van der Waals surface area contributed by atoms with Crippen LogP contribution in [-0.4, -0.2) is 34.8 Å². The van der Waals surface area contributed by atoms with Crippen molar-refractivity contribution >= 4 is 22.8 Å². The number of aromatic nitrogens is 1. The molecule has 7 heteroatoms. The Bertz CT molecular complexity index is 1030. The summed E-state index contributed by atoms with van der Waals surface area (Å²) in [5, 5.41) is 11.1. The van der Waals surface area contributed by atoms with Gasteiger partial charge in [-0.3, -0.25) is 4.79 Å². The third-order valence-corrected chi connectivity index (χ3v) is 4.74. The maximum absolute atomic E-state index is 11.8. The molecule has 0 fully saturated rings. The van der Waals surface area contributed by atoms with Gasteiger partial charge < -0.3 is 24.9 Å². The van der Waals surface area contributed by atoms with Crippen LogP contribution >= 0.6 is 0 Å². The summed E-state index contributed by atoms with van der Waals surface area (Å²) < 4.78 is 12.6. The minimum atomic E-state index is -1.50. The summed E-state index contributed by atoms with van der Waals surface area (Å²) in [6.45, 7) is 8.05. The lowest BCUT2D eigenvalue weighted by atomic mass is 10.0. The van der Waals surface area contributed by atoms with Crippen LogP contribution in [0.1, 0.15) is 43.7 Å². The van der Waals surface area contributed by atoms with E-state index in [1.165, 1.54) is 0 Å². The smallest absolute Gasteiger partial charge is 0.344 e. The molecule has 0 saturated heterocycles. The Morgan fingerprint density at radius 1 is 1.10 bits per heavy atom. The van der Waals surface area contributed by atoms with Gasteiger partial charge in [-0.15, -0.1) is 0 Å². The molecule has 31 heavy (non-hydrogen) atoms. The van der Waals surface area contributed by atoms with Gasteiger partial charge in [0.25, 0.3) is 5.91 Å². The Morgan fingerprint density at radius 2 is 1.77 bits per heavy atom. The van der Waals surface area contributed by atoms with E-state index in [0.29, 0.717) is 28.9 Å². The second kappa shape index (κ2) is 11.2. The van der Waals surface area contributed by atoms with Crippen molar-refractivity contribution in [2.45, 2.75) is 40.3 Å². The summed E-state index contributed by atoms with van der Waals surface area (Å²) in [5.74, 6) is -0.977. The lowest BCUT2D eigenvalue weighted by Crippen LogP contribution is -2.21. The SMILES string of the molecule is CC.CCOC(=O)COc1cccc2c1c(C(O)C(N)=O)c(C)n2Cc1ccccc1. The molecular weight excluding hydrogens is 396 g/mol. The minimum Gasteiger partial charge on any atom is -0.481 e. The first kappa shape index (κ1) is 24.0. The average Bonchev–Trinajstić information content (AvgIpc) is 3.06. The van der Waals surface area contributed by atoms with Crippen LogP contribution in [0.2, 0.25) is 0 Å². The van der Waals surface area contributed by atoms with Gasteiger partial charge in [-0.25, -0.2) is 4.79 Å². The first-order chi connectivity index (χ1) is 14.9. The van der Waals surface area contributed by atoms with Crippen LogP contribution in [0, 0.1) is 6.92 Å². The fourth-order valence-electron chi connectivity index (χ4n) is 3.43. The molecule has 1 heterocycles. The fourth-order valence-corrected chi connectivity index (χ4v) is 3.43. The third-order valence-electron chi connectivity index (χ3n) is 4.74. The summed E-state index contributed by atoms with van der Waals surface area (Å²) in [4.78, 5) is 23.5. The topological polar surface area (TPSA) is 104 Å². The Labute approximate surface area is 182 Å². The molecule has 7 nitrogen and oxygen atoms in total. The number of hydrogen-bond donors (Lipinski definition) is 2. The Balaban J connectivity index is 0.00000166. The zero-order valence-electron chi connectivity index (χ0n) is 18.4. The molecule has 1 atom stereocenters. The highest BCUT2D eigenvalue weighted by molar-refractivity contribution is 5.96. The number of ether oxygens (including phenoxy) is 2. The monoisotopic (exact) mass is 426 g/mol. The first-order valence-electron chi connectivity index (χ1n) is 10.4. The number of carbonyl (C=O) groups excluding carboxylic acids is 2. The maximum atomic E-state index is 11.8. The molecule has 0 aliphatic carbocycles. The molecule has 3 aromatic rings. The Kier molecular flexibility index (Phi) is 8.63. The molecule has 0 aliphatic rings. The van der Waals surface area contributed by atoms with Crippen molar-refractivity contribution in [3.8, 4) is 5.75 Å². The summed E-state index contributed by atoms with van der Waals surface area (Å²) >= 11 is 0. The van der Waals surface area contributed by atoms with Crippen LogP contribution in [0.15, 0.2) is 48.5 Å². The van der Waals surface area contributed by atoms with E-state index in [9.17, 15) is 14.7 Å². The zero-order valence-corrected chi connectivity index (χ0v) is 18.4. The molecule has 1 amide bonds. The van der Waals surface area contributed by atoms with Crippen molar-refractivity contribution in [2.24, 2.45) is 5.73 Å². The number of carbonyl (C=O) groups is 2. The van der Waals surface area contributed by atoms with E-state index < -0.39 is 18.0 Å². The summed E-state index contributed by atoms with van der Waals surface area (Å²) in [6, 6.07) is 15.2. The van der Waals surface area contributed by atoms with E-state index in [2.05, 4.69) is 0 Å². The van der Waals surface area contributed by atoms with Crippen LogP contribution in [0.4, 0.5) is 0 Å². The zero-order chi connectivity index (χ0) is 23.0. The van der Waals surface area contributed by atoms with Crippen LogP contribution in [0.5, 0.6) is 5.75 Å². The largest absolute Gasteiger partial charge is 0.481 e. The van der Waals surface area contributed by atoms with Crippen molar-refractivity contribution < 1.29 is 24.2 Å². The second-order valence-corrected chi connectivity index (χ2v) is 6.62. The predicted molar refractivity (Wildman–Crippen MR) is 120 cm³/mol. The number of primary amides is 1. The van der Waals surface area contributed by atoms with E-state index in [0.717, 1.165) is 11.1 Å². The number of nitrogens with two attached hydrogens (primary N) is 1. The van der Waals surface area contributed by atoms with Gasteiger partial charge in [-0.2, -0.15) is 0 Å². The molecular formula is C24H30N2O5. The Morgan fingerprint density at radius 3 is 2.39 bits per heavy atom. The number of aliphatic hydroxyl groups is 1. The lowest BCUT2D eigenvalue weighted by Gasteiger charge is -2.11. The summed E-state index contributed by atoms with van der Waals surface area (Å²) in [5.41, 5.74) is 8.29. The van der Waals surface area contributed by atoms with E-state index >= 15 is 0 Å². The van der Waals surface area contributed by atoms with Gasteiger partial charge in [-0.05, 0) is 31.5 Å². The molecule has 3 N–H and O–H groups in total. The number of amides is 1. The second-order valence-electron chi connectivity index (χ2n) is 6.62. The van der Waals surface area contributed by atoms with Gasteiger partial charge in [0.2, 0.25) is 0 Å². The van der Waals surface area contributed by atoms with E-state index in [-0.39, 0.29) is 13.2 Å². The fraction of sp³-hybridized carbons (Fsp3) is 0.333. The van der Waals surface area contributed by atoms with E-state index in [1.807, 2.05) is 61.7 Å². The molecule has 2 aromatic carbocycles. The van der Waals surface area contributed by atoms with Crippen molar-refractivity contribution in [3.63, 3.8) is 0 Å². The molecule has 3 rings (SSSR count). The van der Waals surface area contributed by atoms with Crippen molar-refractivity contribution in [2.75, 3.05) is 13.2 Å². The van der Waals surface area contributed by atoms with E-state index in [1.54, 1.807) is 19.1 Å². The molecule has 0 radical (unpaired) electrons. The lowest BCUT2D eigenvalue weighted by molar-refractivity contribution is -0.145. The van der Waals surface area contributed by atoms with Gasteiger partial charge in [-0.1, -0.05) is 50.2 Å². The highest BCUT2D eigenvalue weighted by Gasteiger charge is 2.26. The number of rotatable bonds is 8. The summed E-state index contributed by atoms with van der Waals surface area (Å²) in [7, 11) is 0. The highest BCUT2D eigenvalue weighted by Crippen LogP contribution is 2.37. The minimum absolute atomic E-state index is 0.255. The van der Waals surface area contributed by atoms with Gasteiger partial charge in [0.1, 0.15) is 5.75 Å². The van der Waals surface area contributed by atoms with Crippen molar-refractivity contribution in [1.29, 1.82) is 0 Å². The highest BCUT2D eigenvalue weighted by atomic mass is 16.6. The molecule has 1 aromatic heterocycles. The number of hydrogen-bond acceptors (Lipinski definition) is 5. The van der Waals surface area contributed by atoms with E-state index in [4.69, 9.17) is 15.2 Å². The number of esters is 1. The number of nitrogens with zero attached hydrogens (tertiary/aromatic N) is 1. The molecule has 0 aliphatic heterocycles. The van der Waals surface area contributed by atoms with Crippen molar-refractivity contribution in [3.05, 3.63) is 65.4 Å². The standard InChI is InChI=1S/C22H24N2O5.C2H6/c1-3-28-18(25)13-29-17-11-7-10-16-20(17)19(21(26)22(23)27)14(2)24(16)12-15-8-5-4-6-9-15;1-2/h4-11,21,26H,3,12-13H2,1-2H3,(H2,23,27);1-2H3. The molecule has 166 valence electrons. The van der Waals surface area contributed by atoms with Gasteiger partial charge >= 0.3 is 5.97 Å². The van der Waals surface area contributed by atoms with Crippen LogP contribution < -0.4 is 10.5 Å². The maximum Gasteiger partial charge on any atom is 0.344 e. The molecule has 1 unspecified atom stereocenters. The number of benzene rings is 2. The van der Waals surface area contributed by atoms with Gasteiger partial charge in [0.15, 0.2) is 12.7 Å². The number of aliphatic hydroxyl groups excluding tert-OH is 1. The molecule has 0 bridgehead atoms.